The van der Waals surface area contributed by atoms with Gasteiger partial charge < -0.3 is 10.1 Å². The Morgan fingerprint density at radius 2 is 2.40 bits per heavy atom. The smallest absolute Gasteiger partial charge is 0.409 e. The van der Waals surface area contributed by atoms with E-state index in [1.54, 1.807) is 13.0 Å². The molecule has 0 aliphatic rings. The maximum atomic E-state index is 11.1. The third kappa shape index (κ3) is 4.16. The van der Waals surface area contributed by atoms with Gasteiger partial charge in [0.05, 0.1) is 6.61 Å². The Balaban J connectivity index is 0.00000196. The summed E-state index contributed by atoms with van der Waals surface area (Å²) in [5.74, 6) is 0. The molecule has 0 aliphatic carbocycles. The zero-order valence-electron chi connectivity index (χ0n) is 7.79. The first-order valence-corrected chi connectivity index (χ1v) is 5.81. The summed E-state index contributed by atoms with van der Waals surface area (Å²) in [6.07, 6.45) is -0.455. The molecule has 3 nitrogen and oxygen atoms in total. The Labute approximate surface area is 104 Å². The Morgan fingerprint density at radius 3 is 2.93 bits per heavy atom. The zero-order valence-corrected chi connectivity index (χ0v) is 14.5. The fourth-order valence-corrected chi connectivity index (χ4v) is 2.21. The summed E-state index contributed by atoms with van der Waals surface area (Å²) in [5, 5.41) is 2.59. The van der Waals surface area contributed by atoms with E-state index in [4.69, 9.17) is 4.74 Å². The molecular weight excluding hydrogens is 608 g/mol. The van der Waals surface area contributed by atoms with Gasteiger partial charge in [-0.25, -0.2) is 4.79 Å². The fraction of sp³-hybridized carbons (Fsp3) is 0.222. The van der Waals surface area contributed by atoms with Gasteiger partial charge in [-0.15, -0.1) is 44.6 Å². The van der Waals surface area contributed by atoms with Crippen molar-refractivity contribution in [1.82, 2.24) is 0 Å². The molecule has 1 amide bonds. The van der Waals surface area contributed by atoms with Crippen LogP contribution in [0.3, 0.4) is 0 Å². The van der Waals surface area contributed by atoms with E-state index in [2.05, 4.69) is 49.9 Å². The molecule has 1 rings (SSSR count). The average molecular weight is 616 g/mol. The molecule has 1 N–H and O–H groups in total. The van der Waals surface area contributed by atoms with Crippen molar-refractivity contribution in [3.05, 3.63) is 26.2 Å². The van der Waals surface area contributed by atoms with Crippen LogP contribution in [-0.2, 0) is 4.74 Å². The van der Waals surface area contributed by atoms with Crippen molar-refractivity contribution in [1.29, 1.82) is 0 Å². The average Bonchev–Trinajstić information content (AvgIpc) is 2.10. The van der Waals surface area contributed by atoms with Crippen molar-refractivity contribution < 1.29 is 9.53 Å². The number of rotatable bonds is 2. The van der Waals surface area contributed by atoms with Gasteiger partial charge in [-0.3, -0.25) is 0 Å². The minimum Gasteiger partial charge on any atom is -0.450 e. The Bertz CT molecular complexity index is 349. The van der Waals surface area contributed by atoms with Crippen molar-refractivity contribution in [2.75, 3.05) is 11.9 Å². The van der Waals surface area contributed by atoms with E-state index in [9.17, 15) is 4.79 Å². The Morgan fingerprint density at radius 1 is 1.73 bits per heavy atom. The van der Waals surface area contributed by atoms with Gasteiger partial charge in [0.25, 0.3) is 0 Å². The van der Waals surface area contributed by atoms with Gasteiger partial charge >= 0.3 is 6.09 Å². The number of amides is 1. The molecule has 15 heavy (non-hydrogen) atoms. The molecule has 0 heterocycles. The molecule has 0 atom stereocenters. The maximum Gasteiger partial charge on any atom is 0.409 e. The van der Waals surface area contributed by atoms with Gasteiger partial charge in [0.1, 0.15) is 0 Å². The van der Waals surface area contributed by atoms with Crippen molar-refractivity contribution in [3.8, 4) is 0 Å². The SMILES string of the molecule is CCOC(=O)Nc1[c-]cc(Br)cc1I.[Cm]. The van der Waals surface area contributed by atoms with E-state index in [1.807, 2.05) is 6.07 Å². The number of hydrogen-bond donors (Lipinski definition) is 1. The number of ether oxygens (including phenoxy) is 1. The molecule has 0 bridgehead atoms. The second-order valence-electron chi connectivity index (χ2n) is 2.39. The van der Waals surface area contributed by atoms with Crippen LogP contribution in [0.25, 0.3) is 0 Å². The minimum absolute atomic E-state index is 0. The van der Waals surface area contributed by atoms with Crippen LogP contribution in [-0.4, -0.2) is 12.7 Å². The topological polar surface area (TPSA) is 38.3 Å². The molecule has 0 fully saturated rings. The molecule has 6 heteroatoms. The van der Waals surface area contributed by atoms with Crippen LogP contribution in [0, 0.1) is 9.64 Å². The molecular formula is C9H8BrCmINO2-. The van der Waals surface area contributed by atoms with Gasteiger partial charge in [-0.2, -0.15) is 12.1 Å². The standard InChI is InChI=1S/C9H8BrINO2.Cm/c1-2-14-9(13)12-8-4-3-6(10)5-7(8)11;/h3,5H,2H2,1H3,(H,12,13);/q-1;. The largest absolute Gasteiger partial charge is 0.450 e. The summed E-state index contributed by atoms with van der Waals surface area (Å²) in [4.78, 5) is 11.1. The predicted molar refractivity (Wildman–Crippen MR) is 66.3 cm³/mol. The second-order valence-corrected chi connectivity index (χ2v) is 4.46. The predicted octanol–water partition coefficient (Wildman–Crippen LogP) is 3.42. The van der Waals surface area contributed by atoms with Gasteiger partial charge in [0.2, 0.25) is 0 Å². The first-order valence-electron chi connectivity index (χ1n) is 3.94. The third-order valence-corrected chi connectivity index (χ3v) is 2.67. The number of nitrogens with one attached hydrogen (secondary N) is 1. The molecule has 84 valence electrons. The summed E-state index contributed by atoms with van der Waals surface area (Å²) in [7, 11) is 0. The number of hydrogen-bond acceptors (Lipinski definition) is 2. The first-order chi connectivity index (χ1) is 6.63. The summed E-state index contributed by atoms with van der Waals surface area (Å²) < 4.78 is 6.58. The Kier molecular flexibility index (Phi) is 5.69. The van der Waals surface area contributed by atoms with E-state index in [1.165, 1.54) is 0 Å². The molecule has 0 aliphatic heterocycles. The molecule has 0 radical (unpaired) electrons. The van der Waals surface area contributed by atoms with E-state index in [-0.39, 0.29) is 0 Å². The normalized spacial score (nSPS) is 9.00. The monoisotopic (exact) mass is 611 g/mol. The van der Waals surface area contributed by atoms with Crippen molar-refractivity contribution >= 4 is 50.3 Å². The Hall–Kier alpha value is -1.30. The number of carbonyl (C=O) groups is 1. The summed E-state index contributed by atoms with van der Waals surface area (Å²) in [5.41, 5.74) is 0.632. The van der Waals surface area contributed by atoms with Gasteiger partial charge in [0.15, 0.2) is 0 Å². The molecule has 0 unspecified atom stereocenters. The van der Waals surface area contributed by atoms with Crippen LogP contribution in [0.4, 0.5) is 10.5 Å². The van der Waals surface area contributed by atoms with Gasteiger partial charge in [-0.1, -0.05) is 13.7 Å². The quantitative estimate of drug-likeness (QED) is 0.409. The van der Waals surface area contributed by atoms with Crippen LogP contribution in [0.5, 0.6) is 0 Å². The van der Waals surface area contributed by atoms with Crippen LogP contribution in [0.2, 0.25) is 0 Å². The van der Waals surface area contributed by atoms with Crippen LogP contribution < -0.4 is 5.32 Å². The first kappa shape index (κ1) is 13.7. The van der Waals surface area contributed by atoms with Gasteiger partial charge in [0, 0.05) is 0 Å². The molecule has 1 aromatic rings. The minimum atomic E-state index is -0.455. The summed E-state index contributed by atoms with van der Waals surface area (Å²) >= 11 is 5.43. The summed E-state index contributed by atoms with van der Waals surface area (Å²) in [6, 6.07) is 6.56. The van der Waals surface area contributed by atoms with Crippen LogP contribution in [0.1, 0.15) is 6.92 Å². The maximum absolute atomic E-state index is 11.1. The number of anilines is 1. The molecule has 0 spiro atoms. The number of benzene rings is 1. The molecule has 0 saturated heterocycles. The van der Waals surface area contributed by atoms with Crippen molar-refractivity contribution in [2.24, 2.45) is 0 Å². The van der Waals surface area contributed by atoms with Crippen LogP contribution >= 0.6 is 38.5 Å². The van der Waals surface area contributed by atoms with E-state index >= 15 is 0 Å². The fourth-order valence-electron chi connectivity index (χ4n) is 0.810. The second kappa shape index (κ2) is 6.23. The number of halogens is 2. The molecule has 0 saturated carbocycles. The molecule has 1 aromatic carbocycles. The van der Waals surface area contributed by atoms with E-state index in [0.29, 0.717) is 12.3 Å². The van der Waals surface area contributed by atoms with E-state index < -0.39 is 6.09 Å². The zero-order chi connectivity index (χ0) is 10.6. The van der Waals surface area contributed by atoms with Crippen molar-refractivity contribution in [3.63, 3.8) is 0 Å². The van der Waals surface area contributed by atoms with Crippen molar-refractivity contribution in [2.45, 2.75) is 6.92 Å². The third-order valence-electron chi connectivity index (χ3n) is 1.36. The summed E-state index contributed by atoms with van der Waals surface area (Å²) in [6.45, 7) is 2.12. The molecule has 0 aromatic heterocycles. The number of carbonyl (C=O) groups excluding carboxylic acids is 1. The van der Waals surface area contributed by atoms with Gasteiger partial charge in [-0.05, 0) is 6.92 Å². The van der Waals surface area contributed by atoms with E-state index in [0.717, 1.165) is 8.04 Å². The van der Waals surface area contributed by atoms with Crippen LogP contribution in [0.15, 0.2) is 16.6 Å².